The van der Waals surface area contributed by atoms with Crippen molar-refractivity contribution < 1.29 is 0 Å². The van der Waals surface area contributed by atoms with Gasteiger partial charge in [0.25, 0.3) is 0 Å². The molecule has 1 aliphatic rings. The van der Waals surface area contributed by atoms with E-state index in [2.05, 4.69) is 46.5 Å². The van der Waals surface area contributed by atoms with Crippen molar-refractivity contribution in [1.82, 2.24) is 14.6 Å². The van der Waals surface area contributed by atoms with Crippen LogP contribution in [0.5, 0.6) is 0 Å². The molecular weight excluding hydrogens is 218 g/mol. The van der Waals surface area contributed by atoms with Gasteiger partial charge in [0.2, 0.25) is 0 Å². The van der Waals surface area contributed by atoms with E-state index in [1.807, 2.05) is 6.20 Å². The van der Waals surface area contributed by atoms with Crippen LogP contribution in [0.2, 0.25) is 0 Å². The van der Waals surface area contributed by atoms with E-state index >= 15 is 0 Å². The number of thiol groups is 1. The second kappa shape index (κ2) is 5.66. The van der Waals surface area contributed by atoms with Gasteiger partial charge in [0, 0.05) is 12.7 Å². The first-order chi connectivity index (χ1) is 7.79. The minimum Gasteiger partial charge on any atom is -0.303 e. The van der Waals surface area contributed by atoms with E-state index in [0.29, 0.717) is 0 Å². The van der Waals surface area contributed by atoms with Crippen LogP contribution in [0.1, 0.15) is 30.1 Å². The maximum absolute atomic E-state index is 4.44. The van der Waals surface area contributed by atoms with Crippen LogP contribution < -0.4 is 4.72 Å². The van der Waals surface area contributed by atoms with Crippen molar-refractivity contribution in [3.05, 3.63) is 29.6 Å². The Morgan fingerprint density at radius 1 is 1.50 bits per heavy atom. The van der Waals surface area contributed by atoms with Crippen LogP contribution in [-0.2, 0) is 0 Å². The van der Waals surface area contributed by atoms with Gasteiger partial charge in [-0.15, -0.1) is 0 Å². The van der Waals surface area contributed by atoms with Crippen LogP contribution >= 0.6 is 12.8 Å². The summed E-state index contributed by atoms with van der Waals surface area (Å²) >= 11 is 4.19. The van der Waals surface area contributed by atoms with Crippen molar-refractivity contribution in [1.29, 1.82) is 0 Å². The van der Waals surface area contributed by atoms with Gasteiger partial charge in [0.1, 0.15) is 0 Å². The second-order valence-electron chi connectivity index (χ2n) is 4.43. The number of aromatic nitrogens is 1. The maximum atomic E-state index is 4.44. The fourth-order valence-electron chi connectivity index (χ4n) is 1.88. The van der Waals surface area contributed by atoms with Crippen LogP contribution in [0, 0.1) is 6.92 Å². The Morgan fingerprint density at radius 2 is 2.31 bits per heavy atom. The lowest BCUT2D eigenvalue weighted by molar-refractivity contribution is 0.174. The largest absolute Gasteiger partial charge is 0.303 e. The molecule has 16 heavy (non-hydrogen) atoms. The lowest BCUT2D eigenvalue weighted by Gasteiger charge is -2.31. The van der Waals surface area contributed by atoms with Crippen molar-refractivity contribution in [2.45, 2.75) is 25.8 Å². The van der Waals surface area contributed by atoms with Gasteiger partial charge < -0.3 is 4.90 Å². The quantitative estimate of drug-likeness (QED) is 0.767. The number of likely N-dealkylation sites (tertiary alicyclic amines) is 1. The minimum atomic E-state index is 0.254. The van der Waals surface area contributed by atoms with Crippen LogP contribution in [0.4, 0.5) is 0 Å². The number of pyridine rings is 1. The Kier molecular flexibility index (Phi) is 4.21. The highest BCUT2D eigenvalue weighted by Gasteiger charge is 2.17. The number of hydrogen-bond donors (Lipinski definition) is 2. The summed E-state index contributed by atoms with van der Waals surface area (Å²) in [5.41, 5.74) is 2.28. The monoisotopic (exact) mass is 237 g/mol. The standard InChI is InChI=1S/C12H19N3S/c1-10-3-4-11(13-9-10)12(14-16)5-8-15-6-2-7-15/h3-4,9,12,14,16H,2,5-8H2,1H3. The highest BCUT2D eigenvalue weighted by Crippen LogP contribution is 2.17. The van der Waals surface area contributed by atoms with Gasteiger partial charge in [-0.05, 0) is 44.5 Å². The van der Waals surface area contributed by atoms with Crippen molar-refractivity contribution in [2.75, 3.05) is 19.6 Å². The smallest absolute Gasteiger partial charge is 0.0603 e. The number of hydrogen-bond acceptors (Lipinski definition) is 4. The van der Waals surface area contributed by atoms with Crippen molar-refractivity contribution in [2.24, 2.45) is 0 Å². The lowest BCUT2D eigenvalue weighted by Crippen LogP contribution is -2.38. The van der Waals surface area contributed by atoms with Gasteiger partial charge in [0.15, 0.2) is 0 Å². The molecule has 1 aliphatic heterocycles. The Balaban J connectivity index is 1.90. The molecular formula is C12H19N3S. The average molecular weight is 237 g/mol. The third kappa shape index (κ3) is 2.97. The molecule has 1 aromatic heterocycles. The highest BCUT2D eigenvalue weighted by molar-refractivity contribution is 7.78. The van der Waals surface area contributed by atoms with Crippen LogP contribution in [0.25, 0.3) is 0 Å². The molecule has 0 aliphatic carbocycles. The summed E-state index contributed by atoms with van der Waals surface area (Å²) in [5.74, 6) is 0. The summed E-state index contributed by atoms with van der Waals surface area (Å²) in [6.07, 6.45) is 4.33. The molecule has 0 radical (unpaired) electrons. The zero-order valence-corrected chi connectivity index (χ0v) is 10.6. The number of rotatable bonds is 5. The van der Waals surface area contributed by atoms with Crippen molar-refractivity contribution in [3.63, 3.8) is 0 Å². The molecule has 88 valence electrons. The first-order valence-corrected chi connectivity index (χ1v) is 6.29. The summed E-state index contributed by atoms with van der Waals surface area (Å²) in [6, 6.07) is 4.44. The van der Waals surface area contributed by atoms with Crippen LogP contribution in [-0.4, -0.2) is 29.5 Å². The lowest BCUT2D eigenvalue weighted by atomic mass is 10.1. The first-order valence-electron chi connectivity index (χ1n) is 5.84. The minimum absolute atomic E-state index is 0.254. The van der Waals surface area contributed by atoms with E-state index in [4.69, 9.17) is 0 Å². The molecule has 0 bridgehead atoms. The van der Waals surface area contributed by atoms with E-state index in [0.717, 1.165) is 18.7 Å². The molecule has 1 saturated heterocycles. The van der Waals surface area contributed by atoms with E-state index < -0.39 is 0 Å². The number of aryl methyl sites for hydroxylation is 1. The first kappa shape index (κ1) is 11.9. The molecule has 2 rings (SSSR count). The van der Waals surface area contributed by atoms with Crippen LogP contribution in [0.3, 0.4) is 0 Å². The number of nitrogens with zero attached hydrogens (tertiary/aromatic N) is 2. The predicted octanol–water partition coefficient (Wildman–Crippen LogP) is 1.96. The van der Waals surface area contributed by atoms with Crippen LogP contribution in [0.15, 0.2) is 18.3 Å². The highest BCUT2D eigenvalue weighted by atomic mass is 32.1. The van der Waals surface area contributed by atoms with Crippen molar-refractivity contribution >= 4 is 12.8 Å². The van der Waals surface area contributed by atoms with E-state index in [1.54, 1.807) is 0 Å². The molecule has 0 spiro atoms. The summed E-state index contributed by atoms with van der Waals surface area (Å²) in [5, 5.41) is 0. The third-order valence-corrected chi connectivity index (χ3v) is 3.44. The second-order valence-corrected chi connectivity index (χ2v) is 4.68. The van der Waals surface area contributed by atoms with E-state index in [9.17, 15) is 0 Å². The Bertz CT molecular complexity index is 322. The third-order valence-electron chi connectivity index (χ3n) is 3.13. The molecule has 4 heteroatoms. The summed E-state index contributed by atoms with van der Waals surface area (Å²) in [7, 11) is 0. The molecule has 1 atom stereocenters. The SMILES string of the molecule is Cc1ccc(C(CCN2CCC2)NS)nc1. The molecule has 3 nitrogen and oxygen atoms in total. The fourth-order valence-corrected chi connectivity index (χ4v) is 2.14. The van der Waals surface area contributed by atoms with Gasteiger partial charge >= 0.3 is 0 Å². The molecule has 0 amide bonds. The van der Waals surface area contributed by atoms with Gasteiger partial charge in [-0.2, -0.15) is 0 Å². The molecule has 1 aromatic rings. The van der Waals surface area contributed by atoms with Gasteiger partial charge in [-0.25, -0.2) is 0 Å². The zero-order valence-electron chi connectivity index (χ0n) is 9.69. The van der Waals surface area contributed by atoms with E-state index in [-0.39, 0.29) is 6.04 Å². The van der Waals surface area contributed by atoms with Gasteiger partial charge in [0.05, 0.1) is 11.7 Å². The molecule has 0 saturated carbocycles. The van der Waals surface area contributed by atoms with E-state index in [1.165, 1.54) is 25.1 Å². The summed E-state index contributed by atoms with van der Waals surface area (Å²) in [6.45, 7) is 5.69. The molecule has 0 aromatic carbocycles. The summed E-state index contributed by atoms with van der Waals surface area (Å²) in [4.78, 5) is 6.91. The molecule has 2 heterocycles. The molecule has 1 N–H and O–H groups in total. The van der Waals surface area contributed by atoms with Gasteiger partial charge in [-0.3, -0.25) is 9.71 Å². The topological polar surface area (TPSA) is 28.2 Å². The Labute approximate surface area is 103 Å². The van der Waals surface area contributed by atoms with Gasteiger partial charge in [-0.1, -0.05) is 18.9 Å². The molecule has 1 fully saturated rings. The fraction of sp³-hybridized carbons (Fsp3) is 0.583. The average Bonchev–Trinajstić information content (AvgIpc) is 2.24. The Morgan fingerprint density at radius 3 is 2.81 bits per heavy atom. The normalized spacial score (nSPS) is 18.1. The summed E-state index contributed by atoms with van der Waals surface area (Å²) < 4.78 is 3.05. The Hall–Kier alpha value is -0.580. The predicted molar refractivity (Wildman–Crippen MR) is 69.5 cm³/mol. The zero-order chi connectivity index (χ0) is 11.4. The molecule has 1 unspecified atom stereocenters. The maximum Gasteiger partial charge on any atom is 0.0603 e. The number of nitrogens with one attached hydrogen (secondary N) is 1. The van der Waals surface area contributed by atoms with Crippen molar-refractivity contribution in [3.8, 4) is 0 Å².